The zero-order valence-corrected chi connectivity index (χ0v) is 15.4. The molecular weight excluding hydrogens is 407 g/mol. The lowest BCUT2D eigenvalue weighted by Crippen LogP contribution is -2.40. The van der Waals surface area contributed by atoms with Crippen molar-refractivity contribution in [1.82, 2.24) is 10.3 Å². The van der Waals surface area contributed by atoms with Gasteiger partial charge in [0.15, 0.2) is 0 Å². The highest BCUT2D eigenvalue weighted by atomic mass is 35.5. The first-order valence-corrected chi connectivity index (χ1v) is 8.97. The number of rotatable bonds is 7. The van der Waals surface area contributed by atoms with Gasteiger partial charge in [-0.3, -0.25) is 14.9 Å². The first kappa shape index (κ1) is 22.2. The molecular formula is C16H19ClF3N3O5. The largest absolute Gasteiger partial charge is 0.477 e. The molecule has 0 radical (unpaired) electrons. The second-order valence-electron chi connectivity index (χ2n) is 6.40. The standard InChI is InChI=1S/C16H19ClF3N3O5/c17-13-12(23(26)27)8-11(15(22-13)28-7-1-6-24)14(25)21-10-4-2-9(3-5-10)16(18,19)20/h8-10,24H,1-7H2,(H,21,25)/t9-,10-. The van der Waals surface area contributed by atoms with E-state index in [1.807, 2.05) is 0 Å². The highest BCUT2D eigenvalue weighted by Crippen LogP contribution is 2.37. The Morgan fingerprint density at radius 1 is 1.39 bits per heavy atom. The molecule has 12 heteroatoms. The van der Waals surface area contributed by atoms with E-state index >= 15 is 0 Å². The number of hydrogen-bond acceptors (Lipinski definition) is 6. The molecule has 0 aromatic carbocycles. The van der Waals surface area contributed by atoms with Crippen LogP contribution >= 0.6 is 11.6 Å². The Labute approximate surface area is 163 Å². The molecule has 0 bridgehead atoms. The van der Waals surface area contributed by atoms with Crippen molar-refractivity contribution < 1.29 is 32.7 Å². The van der Waals surface area contributed by atoms with Crippen molar-refractivity contribution >= 4 is 23.2 Å². The fourth-order valence-corrected chi connectivity index (χ4v) is 3.13. The summed E-state index contributed by atoms with van der Waals surface area (Å²) >= 11 is 5.74. The Morgan fingerprint density at radius 2 is 2.04 bits per heavy atom. The van der Waals surface area contributed by atoms with Gasteiger partial charge < -0.3 is 15.2 Å². The Kier molecular flexibility index (Phi) is 7.41. The fourth-order valence-electron chi connectivity index (χ4n) is 2.93. The van der Waals surface area contributed by atoms with Crippen LogP contribution in [0, 0.1) is 16.0 Å². The normalized spacial score (nSPS) is 19.9. The van der Waals surface area contributed by atoms with E-state index in [1.165, 1.54) is 0 Å². The number of hydrogen-bond donors (Lipinski definition) is 2. The summed E-state index contributed by atoms with van der Waals surface area (Å²) in [6.07, 6.45) is -3.96. The molecule has 1 aliphatic carbocycles. The number of pyridine rings is 1. The molecule has 28 heavy (non-hydrogen) atoms. The first-order valence-electron chi connectivity index (χ1n) is 8.59. The molecule has 2 rings (SSSR count). The van der Waals surface area contributed by atoms with E-state index in [-0.39, 0.29) is 56.8 Å². The van der Waals surface area contributed by atoms with Gasteiger partial charge >= 0.3 is 11.9 Å². The van der Waals surface area contributed by atoms with Gasteiger partial charge in [-0.15, -0.1) is 0 Å². The number of carbonyl (C=O) groups is 1. The van der Waals surface area contributed by atoms with Crippen molar-refractivity contribution in [1.29, 1.82) is 0 Å². The number of aliphatic hydroxyl groups excluding tert-OH is 1. The molecule has 1 aromatic rings. The average molecular weight is 426 g/mol. The minimum atomic E-state index is -4.26. The third-order valence-corrected chi connectivity index (χ3v) is 4.71. The van der Waals surface area contributed by atoms with Gasteiger partial charge in [0.05, 0.1) is 17.4 Å². The number of nitrogens with one attached hydrogen (secondary N) is 1. The number of halogens is 4. The minimum Gasteiger partial charge on any atom is -0.477 e. The summed E-state index contributed by atoms with van der Waals surface area (Å²) in [5, 5.41) is 22.0. The second kappa shape index (κ2) is 9.37. The number of nitrogens with zero attached hydrogens (tertiary/aromatic N) is 2. The van der Waals surface area contributed by atoms with Crippen LogP contribution < -0.4 is 10.1 Å². The summed E-state index contributed by atoms with van der Waals surface area (Å²) in [5.74, 6) is -2.39. The van der Waals surface area contributed by atoms with E-state index in [2.05, 4.69) is 10.3 Å². The van der Waals surface area contributed by atoms with Gasteiger partial charge in [0, 0.05) is 25.1 Å². The molecule has 0 atom stereocenters. The van der Waals surface area contributed by atoms with Gasteiger partial charge in [-0.25, -0.2) is 0 Å². The summed E-state index contributed by atoms with van der Waals surface area (Å²) in [7, 11) is 0. The lowest BCUT2D eigenvalue weighted by molar-refractivity contribution is -0.385. The zero-order valence-electron chi connectivity index (χ0n) is 14.7. The first-order chi connectivity index (χ1) is 13.1. The molecule has 1 heterocycles. The molecule has 1 fully saturated rings. The summed E-state index contributed by atoms with van der Waals surface area (Å²) in [6.45, 7) is -0.181. The van der Waals surface area contributed by atoms with E-state index in [1.54, 1.807) is 0 Å². The van der Waals surface area contributed by atoms with Crippen molar-refractivity contribution in [3.05, 3.63) is 26.9 Å². The number of ether oxygens (including phenoxy) is 1. The van der Waals surface area contributed by atoms with E-state index < -0.39 is 39.8 Å². The number of nitro groups is 1. The monoisotopic (exact) mass is 425 g/mol. The molecule has 1 aromatic heterocycles. The summed E-state index contributed by atoms with van der Waals surface area (Å²) in [6, 6.07) is 0.423. The van der Waals surface area contributed by atoms with Gasteiger partial charge in [-0.2, -0.15) is 18.2 Å². The van der Waals surface area contributed by atoms with E-state index in [0.717, 1.165) is 6.07 Å². The smallest absolute Gasteiger partial charge is 0.391 e. The minimum absolute atomic E-state index is 0.00535. The number of alkyl halides is 3. The Bertz CT molecular complexity index is 724. The number of aliphatic hydroxyl groups is 1. The van der Waals surface area contributed by atoms with Crippen molar-refractivity contribution in [2.75, 3.05) is 13.2 Å². The van der Waals surface area contributed by atoms with Crippen LogP contribution in [0.2, 0.25) is 5.15 Å². The number of aromatic nitrogens is 1. The predicted octanol–water partition coefficient (Wildman–Crippen LogP) is 3.26. The number of amides is 1. The Balaban J connectivity index is 2.14. The molecule has 0 aliphatic heterocycles. The molecule has 8 nitrogen and oxygen atoms in total. The average Bonchev–Trinajstić information content (AvgIpc) is 2.61. The van der Waals surface area contributed by atoms with Gasteiger partial charge in [-0.1, -0.05) is 11.6 Å². The van der Waals surface area contributed by atoms with Crippen LogP contribution in [0.15, 0.2) is 6.07 Å². The van der Waals surface area contributed by atoms with E-state index in [4.69, 9.17) is 21.4 Å². The molecule has 2 N–H and O–H groups in total. The molecule has 156 valence electrons. The van der Waals surface area contributed by atoms with Crippen LogP contribution in [-0.2, 0) is 0 Å². The molecule has 0 saturated heterocycles. The van der Waals surface area contributed by atoms with Crippen LogP contribution in [0.25, 0.3) is 0 Å². The van der Waals surface area contributed by atoms with Crippen LogP contribution in [0.1, 0.15) is 42.5 Å². The lowest BCUT2D eigenvalue weighted by atomic mass is 9.85. The van der Waals surface area contributed by atoms with Crippen LogP contribution in [-0.4, -0.2) is 46.4 Å². The Morgan fingerprint density at radius 3 is 2.57 bits per heavy atom. The zero-order chi connectivity index (χ0) is 20.9. The summed E-state index contributed by atoms with van der Waals surface area (Å²) in [5.41, 5.74) is -0.839. The van der Waals surface area contributed by atoms with Gasteiger partial charge in [-0.05, 0) is 25.7 Å². The maximum Gasteiger partial charge on any atom is 0.391 e. The maximum atomic E-state index is 12.7. The van der Waals surface area contributed by atoms with Crippen LogP contribution in [0.4, 0.5) is 18.9 Å². The third kappa shape index (κ3) is 5.68. The van der Waals surface area contributed by atoms with Crippen molar-refractivity contribution in [3.8, 4) is 5.88 Å². The van der Waals surface area contributed by atoms with Gasteiger partial charge in [0.25, 0.3) is 5.91 Å². The third-order valence-electron chi connectivity index (χ3n) is 4.43. The number of carbonyl (C=O) groups excluding carboxylic acids is 1. The highest BCUT2D eigenvalue weighted by molar-refractivity contribution is 6.31. The fraction of sp³-hybridized carbons (Fsp3) is 0.625. The molecule has 1 amide bonds. The Hall–Kier alpha value is -2.14. The molecule has 1 saturated carbocycles. The lowest BCUT2D eigenvalue weighted by Gasteiger charge is -2.30. The second-order valence-corrected chi connectivity index (χ2v) is 6.76. The highest BCUT2D eigenvalue weighted by Gasteiger charge is 2.41. The molecule has 1 aliphatic rings. The molecule has 0 unspecified atom stereocenters. The van der Waals surface area contributed by atoms with Gasteiger partial charge in [0.2, 0.25) is 11.0 Å². The molecule has 0 spiro atoms. The van der Waals surface area contributed by atoms with Crippen molar-refractivity contribution in [3.63, 3.8) is 0 Å². The van der Waals surface area contributed by atoms with Gasteiger partial charge in [0.1, 0.15) is 5.56 Å². The van der Waals surface area contributed by atoms with Crippen molar-refractivity contribution in [2.45, 2.75) is 44.3 Å². The quantitative estimate of drug-likeness (QED) is 0.300. The predicted molar refractivity (Wildman–Crippen MR) is 92.4 cm³/mol. The SMILES string of the molecule is O=C(N[C@H]1CC[C@H](C(F)(F)F)CC1)c1cc([N+](=O)[O-])c(Cl)nc1OCCCO. The maximum absolute atomic E-state index is 12.7. The summed E-state index contributed by atoms with van der Waals surface area (Å²) in [4.78, 5) is 26.5. The van der Waals surface area contributed by atoms with Crippen LogP contribution in [0.3, 0.4) is 0 Å². The van der Waals surface area contributed by atoms with E-state index in [9.17, 15) is 28.1 Å². The van der Waals surface area contributed by atoms with E-state index in [0.29, 0.717) is 0 Å². The van der Waals surface area contributed by atoms with Crippen LogP contribution in [0.5, 0.6) is 5.88 Å². The topological polar surface area (TPSA) is 115 Å². The summed E-state index contributed by atoms with van der Waals surface area (Å²) < 4.78 is 43.5. The van der Waals surface area contributed by atoms with Crippen molar-refractivity contribution in [2.24, 2.45) is 5.92 Å².